The van der Waals surface area contributed by atoms with Gasteiger partial charge in [-0.3, -0.25) is 4.79 Å². The summed E-state index contributed by atoms with van der Waals surface area (Å²) in [6.07, 6.45) is 9.14. The molecule has 0 aromatic heterocycles. The minimum absolute atomic E-state index is 0.0271. The number of esters is 1. The van der Waals surface area contributed by atoms with Gasteiger partial charge in [0.05, 0.1) is 6.10 Å². The van der Waals surface area contributed by atoms with Crippen LogP contribution >= 0.6 is 0 Å². The summed E-state index contributed by atoms with van der Waals surface area (Å²) < 4.78 is 5.22. The molecule has 0 aromatic carbocycles. The monoisotopic (exact) mass is 252 g/mol. The molecule has 0 N–H and O–H groups in total. The Balaban J connectivity index is 3.79. The van der Waals surface area contributed by atoms with Crippen LogP contribution in [-0.4, -0.2) is 12.1 Å². The maximum atomic E-state index is 11.1. The van der Waals surface area contributed by atoms with Crippen molar-refractivity contribution >= 4 is 5.97 Å². The van der Waals surface area contributed by atoms with Crippen molar-refractivity contribution in [2.45, 2.75) is 72.8 Å². The van der Waals surface area contributed by atoms with Gasteiger partial charge in [-0.1, -0.05) is 30.2 Å². The fourth-order valence-corrected chi connectivity index (χ4v) is 1.62. The molecule has 0 amide bonds. The number of ether oxygens (including phenoxy) is 1. The van der Waals surface area contributed by atoms with Crippen LogP contribution in [0.25, 0.3) is 0 Å². The standard InChI is InChI=1S/C16H28O2/c1-6-16(17)18-15(5)12-8-11-14(4)10-7-9-13(2)3/h9,11,15H,6-8,10,12H2,1-5H3. The molecule has 0 spiro atoms. The molecule has 0 aromatic rings. The number of carbonyl (C=O) groups is 1. The fraction of sp³-hybridized carbons (Fsp3) is 0.688. The summed E-state index contributed by atoms with van der Waals surface area (Å²) in [6, 6.07) is 0. The van der Waals surface area contributed by atoms with Crippen molar-refractivity contribution in [3.8, 4) is 0 Å². The van der Waals surface area contributed by atoms with E-state index in [-0.39, 0.29) is 12.1 Å². The van der Waals surface area contributed by atoms with E-state index in [0.717, 1.165) is 25.7 Å². The first-order valence-electron chi connectivity index (χ1n) is 6.94. The number of hydrogen-bond acceptors (Lipinski definition) is 2. The van der Waals surface area contributed by atoms with Crippen molar-refractivity contribution < 1.29 is 9.53 Å². The summed E-state index contributed by atoms with van der Waals surface area (Å²) in [5, 5.41) is 0. The lowest BCUT2D eigenvalue weighted by Crippen LogP contribution is -2.13. The van der Waals surface area contributed by atoms with Crippen LogP contribution in [0, 0.1) is 0 Å². The molecule has 1 unspecified atom stereocenters. The molecule has 0 bridgehead atoms. The molecule has 1 atom stereocenters. The molecular weight excluding hydrogens is 224 g/mol. The maximum absolute atomic E-state index is 11.1. The largest absolute Gasteiger partial charge is 0.463 e. The average Bonchev–Trinajstić information content (AvgIpc) is 2.28. The van der Waals surface area contributed by atoms with E-state index in [2.05, 4.69) is 32.9 Å². The first-order valence-corrected chi connectivity index (χ1v) is 6.94. The van der Waals surface area contributed by atoms with E-state index in [1.165, 1.54) is 11.1 Å². The third kappa shape index (κ3) is 10.1. The van der Waals surface area contributed by atoms with Gasteiger partial charge in [0.25, 0.3) is 0 Å². The lowest BCUT2D eigenvalue weighted by atomic mass is 10.1. The predicted octanol–water partition coefficient (Wildman–Crippen LogP) is 4.80. The topological polar surface area (TPSA) is 26.3 Å². The summed E-state index contributed by atoms with van der Waals surface area (Å²) in [7, 11) is 0. The zero-order chi connectivity index (χ0) is 14.0. The fourth-order valence-electron chi connectivity index (χ4n) is 1.62. The Bertz CT molecular complexity index is 296. The summed E-state index contributed by atoms with van der Waals surface area (Å²) in [5.41, 5.74) is 2.80. The molecule has 0 saturated heterocycles. The number of allylic oxidation sites excluding steroid dienone is 4. The van der Waals surface area contributed by atoms with E-state index >= 15 is 0 Å². The van der Waals surface area contributed by atoms with Gasteiger partial charge in [0.15, 0.2) is 0 Å². The Morgan fingerprint density at radius 3 is 2.39 bits per heavy atom. The first kappa shape index (κ1) is 16.9. The molecule has 0 aliphatic carbocycles. The zero-order valence-electron chi connectivity index (χ0n) is 12.6. The first-order chi connectivity index (χ1) is 8.45. The minimum atomic E-state index is -0.105. The van der Waals surface area contributed by atoms with Gasteiger partial charge in [0.1, 0.15) is 0 Å². The van der Waals surface area contributed by atoms with Crippen LogP contribution < -0.4 is 0 Å². The van der Waals surface area contributed by atoms with E-state index in [1.807, 2.05) is 13.8 Å². The van der Waals surface area contributed by atoms with Crippen LogP contribution in [0.5, 0.6) is 0 Å². The summed E-state index contributed by atoms with van der Waals surface area (Å²) >= 11 is 0. The summed E-state index contributed by atoms with van der Waals surface area (Å²) in [6.45, 7) is 10.2. The van der Waals surface area contributed by atoms with Gasteiger partial charge in [-0.05, 0) is 53.4 Å². The van der Waals surface area contributed by atoms with Crippen molar-refractivity contribution in [1.29, 1.82) is 0 Å². The second kappa shape index (κ2) is 9.93. The van der Waals surface area contributed by atoms with Crippen molar-refractivity contribution in [2.24, 2.45) is 0 Å². The summed E-state index contributed by atoms with van der Waals surface area (Å²) in [5.74, 6) is -0.105. The second-order valence-corrected chi connectivity index (χ2v) is 5.10. The second-order valence-electron chi connectivity index (χ2n) is 5.10. The van der Waals surface area contributed by atoms with Crippen LogP contribution in [0.15, 0.2) is 23.3 Å². The number of carbonyl (C=O) groups excluding carboxylic acids is 1. The highest BCUT2D eigenvalue weighted by atomic mass is 16.5. The Labute approximate surface area is 112 Å². The molecular formula is C16H28O2. The van der Waals surface area contributed by atoms with Gasteiger partial charge >= 0.3 is 5.97 Å². The third-order valence-electron chi connectivity index (χ3n) is 2.78. The van der Waals surface area contributed by atoms with E-state index in [4.69, 9.17) is 4.74 Å². The predicted molar refractivity (Wildman–Crippen MR) is 77.5 cm³/mol. The normalized spacial score (nSPS) is 13.1. The molecule has 0 aliphatic heterocycles. The van der Waals surface area contributed by atoms with Gasteiger partial charge in [0, 0.05) is 6.42 Å². The molecule has 104 valence electrons. The van der Waals surface area contributed by atoms with Gasteiger partial charge in [-0.2, -0.15) is 0 Å². The Hall–Kier alpha value is -1.05. The molecule has 0 aliphatic rings. The smallest absolute Gasteiger partial charge is 0.305 e. The molecule has 0 radical (unpaired) electrons. The zero-order valence-corrected chi connectivity index (χ0v) is 12.6. The highest BCUT2D eigenvalue weighted by Gasteiger charge is 2.05. The van der Waals surface area contributed by atoms with Crippen LogP contribution in [0.3, 0.4) is 0 Å². The highest BCUT2D eigenvalue weighted by molar-refractivity contribution is 5.69. The van der Waals surface area contributed by atoms with Gasteiger partial charge < -0.3 is 4.74 Å². The van der Waals surface area contributed by atoms with Gasteiger partial charge in [-0.25, -0.2) is 0 Å². The molecule has 2 heteroatoms. The molecule has 18 heavy (non-hydrogen) atoms. The van der Waals surface area contributed by atoms with E-state index in [0.29, 0.717) is 6.42 Å². The minimum Gasteiger partial charge on any atom is -0.463 e. The Morgan fingerprint density at radius 2 is 1.83 bits per heavy atom. The van der Waals surface area contributed by atoms with Gasteiger partial charge in [0.2, 0.25) is 0 Å². The average molecular weight is 252 g/mol. The molecule has 0 saturated carbocycles. The van der Waals surface area contributed by atoms with Crippen LogP contribution in [-0.2, 0) is 9.53 Å². The quantitative estimate of drug-likeness (QED) is 0.458. The molecule has 0 fully saturated rings. The Morgan fingerprint density at radius 1 is 1.17 bits per heavy atom. The lowest BCUT2D eigenvalue weighted by molar-refractivity contribution is -0.148. The summed E-state index contributed by atoms with van der Waals surface area (Å²) in [4.78, 5) is 11.1. The maximum Gasteiger partial charge on any atom is 0.305 e. The van der Waals surface area contributed by atoms with E-state index in [1.54, 1.807) is 0 Å². The van der Waals surface area contributed by atoms with Gasteiger partial charge in [-0.15, -0.1) is 0 Å². The molecule has 0 rings (SSSR count). The van der Waals surface area contributed by atoms with Crippen molar-refractivity contribution in [2.75, 3.05) is 0 Å². The van der Waals surface area contributed by atoms with Crippen molar-refractivity contribution in [1.82, 2.24) is 0 Å². The molecule has 2 nitrogen and oxygen atoms in total. The Kier molecular flexibility index (Phi) is 9.35. The number of hydrogen-bond donors (Lipinski definition) is 0. The van der Waals surface area contributed by atoms with Crippen LogP contribution in [0.2, 0.25) is 0 Å². The lowest BCUT2D eigenvalue weighted by Gasteiger charge is -2.11. The number of rotatable bonds is 8. The van der Waals surface area contributed by atoms with Crippen molar-refractivity contribution in [3.05, 3.63) is 23.3 Å². The SMILES string of the molecule is CCC(=O)OC(C)CCC=C(C)CCC=C(C)C. The van der Waals surface area contributed by atoms with E-state index in [9.17, 15) is 4.79 Å². The van der Waals surface area contributed by atoms with Crippen LogP contribution in [0.1, 0.15) is 66.7 Å². The van der Waals surface area contributed by atoms with Crippen molar-refractivity contribution in [3.63, 3.8) is 0 Å². The third-order valence-corrected chi connectivity index (χ3v) is 2.78. The highest BCUT2D eigenvalue weighted by Crippen LogP contribution is 2.10. The van der Waals surface area contributed by atoms with Crippen LogP contribution in [0.4, 0.5) is 0 Å². The van der Waals surface area contributed by atoms with E-state index < -0.39 is 0 Å². The molecule has 0 heterocycles.